The van der Waals surface area contributed by atoms with Gasteiger partial charge in [0.05, 0.1) is 11.4 Å². The minimum absolute atomic E-state index is 0. The summed E-state index contributed by atoms with van der Waals surface area (Å²) in [7, 11) is 0. The Bertz CT molecular complexity index is 643. The van der Waals surface area contributed by atoms with Crippen LogP contribution in [0.1, 0.15) is 29.2 Å². The van der Waals surface area contributed by atoms with Gasteiger partial charge in [-0.2, -0.15) is 5.10 Å². The van der Waals surface area contributed by atoms with Gasteiger partial charge in [-0.05, 0) is 45.2 Å². The normalized spacial score (nSPS) is 26.0. The van der Waals surface area contributed by atoms with E-state index in [4.69, 9.17) is 0 Å². The summed E-state index contributed by atoms with van der Waals surface area (Å²) in [5.41, 5.74) is 2.94. The molecule has 2 aromatic heterocycles. The lowest BCUT2D eigenvalue weighted by atomic mass is 9.87. The van der Waals surface area contributed by atoms with Gasteiger partial charge in [0, 0.05) is 19.6 Å². The Balaban J connectivity index is 0.00000132. The van der Waals surface area contributed by atoms with Crippen LogP contribution in [0.5, 0.6) is 0 Å². The van der Waals surface area contributed by atoms with E-state index in [-0.39, 0.29) is 12.4 Å². The summed E-state index contributed by atoms with van der Waals surface area (Å²) in [5, 5.41) is 9.21. The van der Waals surface area contributed by atoms with E-state index in [1.165, 1.54) is 44.7 Å². The number of halogens is 1. The van der Waals surface area contributed by atoms with Crippen molar-refractivity contribution >= 4 is 28.7 Å². The minimum Gasteiger partial charge on any atom is -0.316 e. The van der Waals surface area contributed by atoms with E-state index in [1.54, 1.807) is 11.3 Å². The average molecular weight is 328 g/mol. The van der Waals surface area contributed by atoms with Gasteiger partial charge in [0.1, 0.15) is 5.01 Å². The Kier molecular flexibility index (Phi) is 3.98. The molecule has 5 nitrogen and oxygen atoms in total. The minimum atomic E-state index is 0. The number of hydrogen-bond acceptors (Lipinski definition) is 5. The van der Waals surface area contributed by atoms with E-state index in [0.29, 0.717) is 5.41 Å². The Morgan fingerprint density at radius 3 is 2.95 bits per heavy atom. The summed E-state index contributed by atoms with van der Waals surface area (Å²) in [6.45, 7) is 9.95. The van der Waals surface area contributed by atoms with E-state index >= 15 is 0 Å². The number of aryl methyl sites for hydroxylation is 2. The highest BCUT2D eigenvalue weighted by molar-refractivity contribution is 7.16. The zero-order chi connectivity index (χ0) is 13.7. The fourth-order valence-corrected chi connectivity index (χ4v) is 4.49. The fraction of sp³-hybridized carbons (Fsp3) is 0.714. The predicted octanol–water partition coefficient (Wildman–Crippen LogP) is 2.01. The van der Waals surface area contributed by atoms with Crippen LogP contribution in [0.4, 0.5) is 0 Å². The van der Waals surface area contributed by atoms with E-state index < -0.39 is 0 Å². The van der Waals surface area contributed by atoms with E-state index in [0.717, 1.165) is 22.2 Å². The molecule has 2 aliphatic heterocycles. The molecule has 0 saturated carbocycles. The quantitative estimate of drug-likeness (QED) is 0.916. The number of imidazole rings is 1. The molecular formula is C14H22ClN5S. The predicted molar refractivity (Wildman–Crippen MR) is 87.4 cm³/mol. The Morgan fingerprint density at radius 2 is 2.19 bits per heavy atom. The van der Waals surface area contributed by atoms with Gasteiger partial charge in [0.25, 0.3) is 0 Å². The molecule has 2 fully saturated rings. The largest absolute Gasteiger partial charge is 0.316 e. The highest BCUT2D eigenvalue weighted by atomic mass is 35.5. The van der Waals surface area contributed by atoms with Crippen molar-refractivity contribution in [2.45, 2.75) is 33.2 Å². The lowest BCUT2D eigenvalue weighted by molar-refractivity contribution is 0.265. The molecule has 0 aliphatic carbocycles. The highest BCUT2D eigenvalue weighted by Crippen LogP contribution is 2.36. The third-order valence-corrected chi connectivity index (χ3v) is 5.64. The summed E-state index contributed by atoms with van der Waals surface area (Å²) in [4.78, 5) is 8.26. The summed E-state index contributed by atoms with van der Waals surface area (Å²) < 4.78 is 2.05. The fourth-order valence-electron chi connectivity index (χ4n) is 3.69. The smallest absolute Gasteiger partial charge is 0.212 e. The van der Waals surface area contributed by atoms with E-state index in [2.05, 4.69) is 27.2 Å². The van der Waals surface area contributed by atoms with Crippen molar-refractivity contribution in [3.63, 3.8) is 0 Å². The van der Waals surface area contributed by atoms with Gasteiger partial charge < -0.3 is 5.32 Å². The number of likely N-dealkylation sites (tertiary alicyclic amines) is 1. The molecule has 0 bridgehead atoms. The maximum Gasteiger partial charge on any atom is 0.212 e. The molecule has 0 aromatic carbocycles. The van der Waals surface area contributed by atoms with Crippen molar-refractivity contribution < 1.29 is 0 Å². The van der Waals surface area contributed by atoms with E-state index in [9.17, 15) is 0 Å². The second kappa shape index (κ2) is 5.50. The maximum absolute atomic E-state index is 4.64. The average Bonchev–Trinajstić information content (AvgIpc) is 3.13. The van der Waals surface area contributed by atoms with Crippen molar-refractivity contribution in [2.24, 2.45) is 5.41 Å². The molecule has 2 saturated heterocycles. The van der Waals surface area contributed by atoms with Gasteiger partial charge in [-0.3, -0.25) is 4.90 Å². The van der Waals surface area contributed by atoms with Crippen LogP contribution in [-0.2, 0) is 6.54 Å². The number of fused-ring (bicyclic) bond motifs is 1. The van der Waals surface area contributed by atoms with Crippen LogP contribution >= 0.6 is 23.7 Å². The van der Waals surface area contributed by atoms with Crippen LogP contribution in [0, 0.1) is 19.3 Å². The number of rotatable bonds is 2. The Morgan fingerprint density at radius 1 is 1.33 bits per heavy atom. The van der Waals surface area contributed by atoms with Gasteiger partial charge in [-0.25, -0.2) is 9.50 Å². The first kappa shape index (κ1) is 15.2. The number of hydrogen-bond donors (Lipinski definition) is 1. The Labute approximate surface area is 135 Å². The first-order valence-corrected chi connectivity index (χ1v) is 8.22. The molecular weight excluding hydrogens is 306 g/mol. The summed E-state index contributed by atoms with van der Waals surface area (Å²) >= 11 is 1.68. The van der Waals surface area contributed by atoms with Crippen LogP contribution in [-0.4, -0.2) is 45.7 Å². The van der Waals surface area contributed by atoms with Crippen LogP contribution in [0.15, 0.2) is 0 Å². The molecule has 21 heavy (non-hydrogen) atoms. The van der Waals surface area contributed by atoms with Crippen molar-refractivity contribution in [1.29, 1.82) is 0 Å². The van der Waals surface area contributed by atoms with Crippen LogP contribution < -0.4 is 5.32 Å². The first-order chi connectivity index (χ1) is 9.65. The van der Waals surface area contributed by atoms with Crippen molar-refractivity contribution in [2.75, 3.05) is 26.2 Å². The second-order valence-corrected chi connectivity index (χ2v) is 7.51. The zero-order valence-corrected chi connectivity index (χ0v) is 14.2. The van der Waals surface area contributed by atoms with Crippen molar-refractivity contribution in [3.8, 4) is 0 Å². The van der Waals surface area contributed by atoms with Gasteiger partial charge >= 0.3 is 0 Å². The third kappa shape index (κ3) is 2.59. The molecule has 1 spiro atoms. The molecule has 2 aliphatic rings. The van der Waals surface area contributed by atoms with E-state index in [1.807, 2.05) is 11.4 Å². The topological polar surface area (TPSA) is 45.5 Å². The molecule has 116 valence electrons. The molecule has 0 amide bonds. The number of nitrogens with zero attached hydrogens (tertiary/aromatic N) is 4. The van der Waals surface area contributed by atoms with Crippen LogP contribution in [0.2, 0.25) is 0 Å². The summed E-state index contributed by atoms with van der Waals surface area (Å²) in [6, 6.07) is 0. The monoisotopic (exact) mass is 327 g/mol. The summed E-state index contributed by atoms with van der Waals surface area (Å²) in [6.07, 6.45) is 2.66. The molecule has 0 radical (unpaired) electrons. The molecule has 4 heterocycles. The van der Waals surface area contributed by atoms with Gasteiger partial charge in [0.2, 0.25) is 4.96 Å². The number of aromatic nitrogens is 3. The maximum atomic E-state index is 4.64. The standard InChI is InChI=1S/C14H21N5S.ClH/c1-10-12(19-13(16-10)20-11(2)17-19)7-18-6-4-14(9-18)3-5-15-8-14;/h15H,3-9H2,1-2H3;1H. The molecule has 4 rings (SSSR count). The zero-order valence-electron chi connectivity index (χ0n) is 12.6. The van der Waals surface area contributed by atoms with Crippen LogP contribution in [0.25, 0.3) is 4.96 Å². The third-order valence-electron chi connectivity index (χ3n) is 4.82. The lowest BCUT2D eigenvalue weighted by Gasteiger charge is -2.22. The first-order valence-electron chi connectivity index (χ1n) is 7.40. The number of nitrogens with one attached hydrogen (secondary N) is 1. The van der Waals surface area contributed by atoms with Gasteiger partial charge in [-0.15, -0.1) is 12.4 Å². The molecule has 7 heteroatoms. The molecule has 2 aromatic rings. The molecule has 1 N–H and O–H groups in total. The van der Waals surface area contributed by atoms with Crippen molar-refractivity contribution in [3.05, 3.63) is 16.4 Å². The molecule has 1 atom stereocenters. The lowest BCUT2D eigenvalue weighted by Crippen LogP contribution is -2.29. The van der Waals surface area contributed by atoms with Crippen LogP contribution in [0.3, 0.4) is 0 Å². The molecule has 1 unspecified atom stereocenters. The van der Waals surface area contributed by atoms with Gasteiger partial charge in [-0.1, -0.05) is 11.3 Å². The Hall–Kier alpha value is -0.690. The highest BCUT2D eigenvalue weighted by Gasteiger charge is 2.40. The summed E-state index contributed by atoms with van der Waals surface area (Å²) in [5.74, 6) is 0. The SMILES string of the molecule is Cc1nn2c(CN3CCC4(CCNC4)C3)c(C)nc2s1.Cl. The second-order valence-electron chi connectivity index (χ2n) is 6.35. The van der Waals surface area contributed by atoms with Crippen molar-refractivity contribution in [1.82, 2.24) is 24.8 Å². The van der Waals surface area contributed by atoms with Gasteiger partial charge in [0.15, 0.2) is 0 Å².